The number of amides is 1. The Morgan fingerprint density at radius 2 is 1.80 bits per heavy atom. The lowest BCUT2D eigenvalue weighted by molar-refractivity contribution is -0.462. The number of nitrogens with one attached hydrogen (secondary N) is 1. The molecule has 0 radical (unpaired) electrons. The second kappa shape index (κ2) is 16.1. The number of fused-ring (bicyclic) bond motifs is 1. The van der Waals surface area contributed by atoms with Crippen LogP contribution in [0.15, 0.2) is 57.7 Å². The first-order valence-corrected chi connectivity index (χ1v) is 14.5. The third-order valence-electron chi connectivity index (χ3n) is 6.22. The van der Waals surface area contributed by atoms with Crippen molar-refractivity contribution in [2.75, 3.05) is 31.4 Å². The molecule has 0 aliphatic rings. The number of anilines is 1. The van der Waals surface area contributed by atoms with Gasteiger partial charge in [0.1, 0.15) is 17.0 Å². The molecule has 2 aromatic carbocycles. The maximum Gasteiger partial charge on any atom is 0.471 e. The molecule has 3 rings (SSSR count). The average Bonchev–Trinajstić information content (AvgIpc) is 2.95. The minimum Gasteiger partial charge on any atom is -0.438 e. The van der Waals surface area contributed by atoms with Gasteiger partial charge in [-0.1, -0.05) is 12.1 Å². The van der Waals surface area contributed by atoms with Crippen LogP contribution in [-0.2, 0) is 44.0 Å². The first-order chi connectivity index (χ1) is 21.0. The zero-order chi connectivity index (χ0) is 32.3. The Bertz CT molecular complexity index is 1550. The van der Waals surface area contributed by atoms with E-state index in [9.17, 15) is 28.1 Å². The highest BCUT2D eigenvalue weighted by molar-refractivity contribution is 7.17. The van der Waals surface area contributed by atoms with Gasteiger partial charge in [-0.3, -0.25) is 28.4 Å². The Morgan fingerprint density at radius 1 is 1.05 bits per heavy atom. The molecule has 0 fully saturated rings. The summed E-state index contributed by atoms with van der Waals surface area (Å²) in [5.74, 6) is -3.09. The molecule has 0 saturated carbocycles. The summed E-state index contributed by atoms with van der Waals surface area (Å²) in [6, 6.07) is 11.2. The van der Waals surface area contributed by atoms with Crippen molar-refractivity contribution in [3.63, 3.8) is 0 Å². The van der Waals surface area contributed by atoms with E-state index in [1.54, 1.807) is 18.2 Å². The van der Waals surface area contributed by atoms with Crippen molar-refractivity contribution in [3.8, 4) is 0 Å². The summed E-state index contributed by atoms with van der Waals surface area (Å²) in [6.45, 7) is 6.22. The maximum atomic E-state index is 13.9. The van der Waals surface area contributed by atoms with Crippen LogP contribution < -0.4 is 15.8 Å². The molecule has 0 aliphatic carbocycles. The molecule has 0 aliphatic heterocycles. The molecule has 3 aromatic rings. The molecule has 1 N–H and O–H groups in total. The highest BCUT2D eigenvalue weighted by Gasteiger charge is 2.40. The zero-order valence-electron chi connectivity index (χ0n) is 24.6. The molecular weight excluding hydrogens is 602 g/mol. The largest absolute Gasteiger partial charge is 0.471 e. The molecule has 0 bridgehead atoms. The number of hydrogen-bond acceptors (Lipinski definition) is 12. The van der Waals surface area contributed by atoms with Gasteiger partial charge in [-0.15, -0.1) is 0 Å². The van der Waals surface area contributed by atoms with E-state index in [0.29, 0.717) is 16.5 Å². The zero-order valence-corrected chi connectivity index (χ0v) is 25.8. The van der Waals surface area contributed by atoms with Gasteiger partial charge in [-0.2, -0.15) is 0 Å². The molecule has 0 saturated heterocycles. The number of rotatable bonds is 16. The van der Waals surface area contributed by atoms with Crippen molar-refractivity contribution >= 4 is 43.2 Å². The number of hydrogen-bond donors (Lipinski definition) is 1. The second-order valence-corrected chi connectivity index (χ2v) is 9.79. The summed E-state index contributed by atoms with van der Waals surface area (Å²) in [4.78, 5) is 51.3. The topological polar surface area (TPSA) is 160 Å². The fraction of sp³-hybridized carbons (Fsp3) is 0.379. The van der Waals surface area contributed by atoms with Crippen molar-refractivity contribution in [2.45, 2.75) is 46.3 Å². The molecule has 3 unspecified atom stereocenters. The standard InChI is InChI=1S/C29H34FN2O11P/c1-5-32(6-2)24-11-10-21-14-25(28(36)41-26(21)15-24)27(35)31-23(13-20-8-7-9-22(30)12-20)16-39-29(43-44-37,42-19(4)34)40-17-38-18(3)33/h7-12,14-15,23H,5-6,13,16-17,44H2,1-4H3,(H,31,35). The van der Waals surface area contributed by atoms with Gasteiger partial charge in [0.25, 0.3) is 5.91 Å². The van der Waals surface area contributed by atoms with E-state index in [2.05, 4.69) is 15.0 Å². The number of ether oxygens (including phenoxy) is 4. The van der Waals surface area contributed by atoms with Crippen molar-refractivity contribution in [1.82, 2.24) is 5.32 Å². The van der Waals surface area contributed by atoms with E-state index < -0.39 is 63.6 Å². The number of nitrogens with zero attached hydrogens (tertiary/aromatic N) is 1. The third-order valence-corrected chi connectivity index (χ3v) is 6.60. The van der Waals surface area contributed by atoms with Gasteiger partial charge in [0, 0.05) is 44.1 Å². The number of esters is 2. The van der Waals surface area contributed by atoms with Crippen LogP contribution in [0.2, 0.25) is 0 Å². The number of carbonyl (C=O) groups excluding carboxylic acids is 3. The van der Waals surface area contributed by atoms with Crippen molar-refractivity contribution in [2.24, 2.45) is 0 Å². The van der Waals surface area contributed by atoms with Crippen LogP contribution in [0, 0.1) is 5.82 Å². The van der Waals surface area contributed by atoms with Crippen LogP contribution in [0.5, 0.6) is 0 Å². The Morgan fingerprint density at radius 3 is 2.43 bits per heavy atom. The monoisotopic (exact) mass is 636 g/mol. The highest BCUT2D eigenvalue weighted by Crippen LogP contribution is 2.25. The molecule has 1 aromatic heterocycles. The predicted octanol–water partition coefficient (Wildman–Crippen LogP) is 3.54. The summed E-state index contributed by atoms with van der Waals surface area (Å²) in [6.07, 6.45) is -2.76. The summed E-state index contributed by atoms with van der Waals surface area (Å²) in [5, 5.41) is 3.14. The summed E-state index contributed by atoms with van der Waals surface area (Å²) >= 11 is 0. The smallest absolute Gasteiger partial charge is 0.438 e. The van der Waals surface area contributed by atoms with Gasteiger partial charge in [-0.05, 0) is 56.2 Å². The minimum atomic E-state index is -2.71. The molecule has 238 valence electrons. The van der Waals surface area contributed by atoms with Crippen LogP contribution in [0.3, 0.4) is 0 Å². The minimum absolute atomic E-state index is 0.0417. The van der Waals surface area contributed by atoms with E-state index in [0.717, 1.165) is 32.6 Å². The summed E-state index contributed by atoms with van der Waals surface area (Å²) < 4.78 is 56.2. The summed E-state index contributed by atoms with van der Waals surface area (Å²) in [7, 11) is -2.08. The normalized spacial score (nSPS) is 13.4. The molecule has 1 heterocycles. The average molecular weight is 637 g/mol. The number of carbonyl (C=O) groups is 3. The lowest BCUT2D eigenvalue weighted by Crippen LogP contribution is -2.48. The van der Waals surface area contributed by atoms with Gasteiger partial charge in [0.15, 0.2) is 8.69 Å². The highest BCUT2D eigenvalue weighted by atomic mass is 31.1. The first-order valence-electron chi connectivity index (χ1n) is 13.6. The quantitative estimate of drug-likeness (QED) is 0.106. The van der Waals surface area contributed by atoms with Gasteiger partial charge in [0.05, 0.1) is 12.6 Å². The number of halogens is 1. The van der Waals surface area contributed by atoms with Gasteiger partial charge in [-0.25, -0.2) is 13.7 Å². The van der Waals surface area contributed by atoms with Crippen LogP contribution >= 0.6 is 8.69 Å². The number of benzene rings is 2. The summed E-state index contributed by atoms with van der Waals surface area (Å²) in [5.41, 5.74) is 0.375. The van der Waals surface area contributed by atoms with Crippen LogP contribution in [0.4, 0.5) is 10.1 Å². The molecule has 3 atom stereocenters. The lowest BCUT2D eigenvalue weighted by Gasteiger charge is -2.30. The van der Waals surface area contributed by atoms with Gasteiger partial charge >= 0.3 is 23.7 Å². The Balaban J connectivity index is 1.91. The van der Waals surface area contributed by atoms with Crippen LogP contribution in [0.1, 0.15) is 43.6 Å². The van der Waals surface area contributed by atoms with E-state index in [4.69, 9.17) is 23.2 Å². The Labute approximate surface area is 253 Å². The van der Waals surface area contributed by atoms with Crippen LogP contribution in [0.25, 0.3) is 11.0 Å². The second-order valence-electron chi connectivity index (χ2n) is 9.36. The molecule has 0 spiro atoms. The van der Waals surface area contributed by atoms with Gasteiger partial charge < -0.3 is 24.1 Å². The fourth-order valence-corrected chi connectivity index (χ4v) is 4.52. The molecule has 15 heteroatoms. The Kier molecular flexibility index (Phi) is 12.6. The molecule has 1 amide bonds. The van der Waals surface area contributed by atoms with Crippen LogP contribution in [-0.4, -0.2) is 56.5 Å². The maximum absolute atomic E-state index is 13.9. The van der Waals surface area contributed by atoms with E-state index in [-0.39, 0.29) is 12.0 Å². The Hall–Kier alpha value is -4.10. The lowest BCUT2D eigenvalue weighted by atomic mass is 10.1. The van der Waals surface area contributed by atoms with E-state index in [1.807, 2.05) is 19.9 Å². The van der Waals surface area contributed by atoms with Crippen molar-refractivity contribution in [3.05, 3.63) is 75.9 Å². The van der Waals surface area contributed by atoms with Crippen molar-refractivity contribution < 1.29 is 51.2 Å². The predicted molar refractivity (Wildman–Crippen MR) is 157 cm³/mol. The SMILES string of the molecule is CCN(CC)c1ccc2cc(C(=O)NC(COC(OCOC(C)=O)(O[PH2]=O)OC(C)=O)Cc3cccc(F)c3)c(=O)oc2c1. The fourth-order valence-electron chi connectivity index (χ4n) is 4.22. The van der Waals surface area contributed by atoms with E-state index >= 15 is 0 Å². The molecule has 44 heavy (non-hydrogen) atoms. The van der Waals surface area contributed by atoms with Gasteiger partial charge in [0.2, 0.25) is 6.79 Å². The molecular formula is C29H34FN2O11P. The van der Waals surface area contributed by atoms with Crippen molar-refractivity contribution in [1.29, 1.82) is 0 Å². The first kappa shape index (κ1) is 34.4. The third kappa shape index (κ3) is 9.71. The van der Waals surface area contributed by atoms with E-state index in [1.165, 1.54) is 24.3 Å². The molecule has 13 nitrogen and oxygen atoms in total.